The van der Waals surface area contributed by atoms with Gasteiger partial charge in [0.1, 0.15) is 0 Å². The fourth-order valence-electron chi connectivity index (χ4n) is 3.14. The minimum Gasteiger partial charge on any atom is -0.361 e. The number of aromatic nitrogens is 2. The van der Waals surface area contributed by atoms with Crippen molar-refractivity contribution in [3.63, 3.8) is 0 Å². The van der Waals surface area contributed by atoms with Gasteiger partial charge in [-0.3, -0.25) is 9.78 Å². The molecule has 0 fully saturated rings. The third kappa shape index (κ3) is 3.35. The Kier molecular flexibility index (Phi) is 4.48. The summed E-state index contributed by atoms with van der Waals surface area (Å²) in [6.45, 7) is 0.499. The minimum absolute atomic E-state index is 0.0600. The van der Waals surface area contributed by atoms with Crippen LogP contribution in [-0.2, 0) is 17.8 Å². The highest BCUT2D eigenvalue weighted by molar-refractivity contribution is 5.97. The SMILES string of the molecule is O=C(Cc1c[nH]c2ccccc12)N(Cc1cccnc1)c1ccccc1. The molecule has 0 saturated heterocycles. The van der Waals surface area contributed by atoms with Crippen molar-refractivity contribution in [3.8, 4) is 0 Å². The van der Waals surface area contributed by atoms with E-state index in [-0.39, 0.29) is 5.91 Å². The standard InChI is InChI=1S/C22H19N3O/c26-22(13-18-15-24-21-11-5-4-10-20(18)21)25(19-8-2-1-3-9-19)16-17-7-6-12-23-14-17/h1-12,14-15,24H,13,16H2. The third-order valence-corrected chi connectivity index (χ3v) is 4.45. The zero-order valence-corrected chi connectivity index (χ0v) is 14.3. The number of fused-ring (bicyclic) bond motifs is 1. The monoisotopic (exact) mass is 341 g/mol. The van der Waals surface area contributed by atoms with Gasteiger partial charge in [-0.25, -0.2) is 0 Å². The number of carbonyl (C=O) groups excluding carboxylic acids is 1. The van der Waals surface area contributed by atoms with Gasteiger partial charge in [0.2, 0.25) is 5.91 Å². The predicted molar refractivity (Wildman–Crippen MR) is 104 cm³/mol. The van der Waals surface area contributed by atoms with Crippen molar-refractivity contribution in [2.75, 3.05) is 4.90 Å². The van der Waals surface area contributed by atoms with E-state index in [2.05, 4.69) is 9.97 Å². The Morgan fingerprint density at radius 3 is 2.58 bits per heavy atom. The summed E-state index contributed by atoms with van der Waals surface area (Å²) in [5, 5.41) is 1.09. The largest absolute Gasteiger partial charge is 0.361 e. The van der Waals surface area contributed by atoms with Crippen LogP contribution in [0.3, 0.4) is 0 Å². The van der Waals surface area contributed by atoms with Crippen LogP contribution in [0.2, 0.25) is 0 Å². The Morgan fingerprint density at radius 1 is 0.962 bits per heavy atom. The molecule has 0 unspecified atom stereocenters. The van der Waals surface area contributed by atoms with Gasteiger partial charge in [0, 0.05) is 35.2 Å². The van der Waals surface area contributed by atoms with Crippen molar-refractivity contribution in [2.24, 2.45) is 0 Å². The quantitative estimate of drug-likeness (QED) is 0.587. The molecule has 2 heterocycles. The van der Waals surface area contributed by atoms with Crippen LogP contribution in [0.5, 0.6) is 0 Å². The number of para-hydroxylation sites is 2. The molecule has 0 aliphatic rings. The summed E-state index contributed by atoms with van der Waals surface area (Å²) in [4.78, 5) is 22.4. The van der Waals surface area contributed by atoms with Gasteiger partial charge in [-0.05, 0) is 35.4 Å². The van der Waals surface area contributed by atoms with E-state index in [4.69, 9.17) is 0 Å². The number of aromatic amines is 1. The molecule has 0 aliphatic heterocycles. The molecule has 4 rings (SSSR count). The lowest BCUT2D eigenvalue weighted by molar-refractivity contribution is -0.118. The third-order valence-electron chi connectivity index (χ3n) is 4.45. The van der Waals surface area contributed by atoms with Crippen LogP contribution in [0.15, 0.2) is 85.3 Å². The van der Waals surface area contributed by atoms with Gasteiger partial charge in [-0.1, -0.05) is 42.5 Å². The molecule has 1 amide bonds. The molecular formula is C22H19N3O. The Hall–Kier alpha value is -3.40. The Labute approximate surface area is 152 Å². The molecule has 0 saturated carbocycles. The summed E-state index contributed by atoms with van der Waals surface area (Å²) in [7, 11) is 0. The van der Waals surface area contributed by atoms with E-state index < -0.39 is 0 Å². The van der Waals surface area contributed by atoms with E-state index in [1.165, 1.54) is 0 Å². The van der Waals surface area contributed by atoms with E-state index in [1.54, 1.807) is 12.4 Å². The molecule has 0 aliphatic carbocycles. The van der Waals surface area contributed by atoms with Crippen molar-refractivity contribution in [3.05, 3.63) is 96.4 Å². The summed E-state index contributed by atoms with van der Waals surface area (Å²) in [5.74, 6) is 0.0600. The van der Waals surface area contributed by atoms with Crippen molar-refractivity contribution < 1.29 is 4.79 Å². The van der Waals surface area contributed by atoms with Gasteiger partial charge in [0.15, 0.2) is 0 Å². The first-order valence-corrected chi connectivity index (χ1v) is 8.60. The molecule has 0 radical (unpaired) electrons. The molecule has 0 bridgehead atoms. The first-order valence-electron chi connectivity index (χ1n) is 8.60. The fraction of sp³-hybridized carbons (Fsp3) is 0.0909. The summed E-state index contributed by atoms with van der Waals surface area (Å²) in [6.07, 6.45) is 5.81. The van der Waals surface area contributed by atoms with Gasteiger partial charge in [0.25, 0.3) is 0 Å². The first kappa shape index (κ1) is 16.1. The lowest BCUT2D eigenvalue weighted by Gasteiger charge is -2.23. The smallest absolute Gasteiger partial charge is 0.231 e. The van der Waals surface area contributed by atoms with Gasteiger partial charge in [-0.15, -0.1) is 0 Å². The second-order valence-electron chi connectivity index (χ2n) is 6.21. The number of benzene rings is 2. The predicted octanol–water partition coefficient (Wildman–Crippen LogP) is 4.34. The average Bonchev–Trinajstić information content (AvgIpc) is 3.10. The number of pyridine rings is 1. The molecule has 4 aromatic rings. The molecular weight excluding hydrogens is 322 g/mol. The van der Waals surface area contributed by atoms with E-state index in [9.17, 15) is 4.79 Å². The highest BCUT2D eigenvalue weighted by Gasteiger charge is 2.18. The number of hydrogen-bond acceptors (Lipinski definition) is 2. The summed E-state index contributed by atoms with van der Waals surface area (Å²) in [5.41, 5.74) is 3.95. The zero-order valence-electron chi connectivity index (χ0n) is 14.3. The Bertz CT molecular complexity index is 1010. The van der Waals surface area contributed by atoms with Gasteiger partial charge >= 0.3 is 0 Å². The number of amides is 1. The summed E-state index contributed by atoms with van der Waals surface area (Å²) < 4.78 is 0. The van der Waals surface area contributed by atoms with Crippen LogP contribution in [0.4, 0.5) is 5.69 Å². The molecule has 128 valence electrons. The van der Waals surface area contributed by atoms with Crippen molar-refractivity contribution >= 4 is 22.5 Å². The maximum Gasteiger partial charge on any atom is 0.231 e. The molecule has 0 spiro atoms. The molecule has 1 N–H and O–H groups in total. The van der Waals surface area contributed by atoms with Crippen molar-refractivity contribution in [1.82, 2.24) is 9.97 Å². The van der Waals surface area contributed by atoms with E-state index in [0.29, 0.717) is 13.0 Å². The van der Waals surface area contributed by atoms with Crippen LogP contribution >= 0.6 is 0 Å². The fourth-order valence-corrected chi connectivity index (χ4v) is 3.14. The molecule has 2 aromatic heterocycles. The number of nitrogens with zero attached hydrogens (tertiary/aromatic N) is 2. The maximum absolute atomic E-state index is 13.2. The van der Waals surface area contributed by atoms with E-state index in [0.717, 1.165) is 27.7 Å². The van der Waals surface area contributed by atoms with Crippen LogP contribution in [-0.4, -0.2) is 15.9 Å². The zero-order chi connectivity index (χ0) is 17.8. The highest BCUT2D eigenvalue weighted by atomic mass is 16.2. The minimum atomic E-state index is 0.0600. The van der Waals surface area contributed by atoms with Gasteiger partial charge in [-0.2, -0.15) is 0 Å². The normalized spacial score (nSPS) is 10.8. The number of carbonyl (C=O) groups is 1. The molecule has 2 aromatic carbocycles. The average molecular weight is 341 g/mol. The maximum atomic E-state index is 13.2. The summed E-state index contributed by atoms with van der Waals surface area (Å²) in [6, 6.07) is 21.7. The topological polar surface area (TPSA) is 49.0 Å². The highest BCUT2D eigenvalue weighted by Crippen LogP contribution is 2.22. The summed E-state index contributed by atoms with van der Waals surface area (Å²) >= 11 is 0. The lowest BCUT2D eigenvalue weighted by atomic mass is 10.1. The van der Waals surface area contributed by atoms with Crippen LogP contribution < -0.4 is 4.90 Å². The van der Waals surface area contributed by atoms with Gasteiger partial charge < -0.3 is 9.88 Å². The van der Waals surface area contributed by atoms with E-state index >= 15 is 0 Å². The van der Waals surface area contributed by atoms with Gasteiger partial charge in [0.05, 0.1) is 13.0 Å². The molecule has 4 nitrogen and oxygen atoms in total. The van der Waals surface area contributed by atoms with Crippen molar-refractivity contribution in [2.45, 2.75) is 13.0 Å². The van der Waals surface area contributed by atoms with Crippen molar-refractivity contribution in [1.29, 1.82) is 0 Å². The molecule has 0 atom stereocenters. The second-order valence-corrected chi connectivity index (χ2v) is 6.21. The van der Waals surface area contributed by atoms with E-state index in [1.807, 2.05) is 77.8 Å². The number of anilines is 1. The second kappa shape index (κ2) is 7.23. The lowest BCUT2D eigenvalue weighted by Crippen LogP contribution is -2.31. The number of H-pyrrole nitrogens is 1. The first-order chi connectivity index (χ1) is 12.8. The van der Waals surface area contributed by atoms with Crippen LogP contribution in [0, 0.1) is 0 Å². The molecule has 26 heavy (non-hydrogen) atoms. The number of hydrogen-bond donors (Lipinski definition) is 1. The number of rotatable bonds is 5. The van der Waals surface area contributed by atoms with Crippen LogP contribution in [0.1, 0.15) is 11.1 Å². The van der Waals surface area contributed by atoms with Crippen LogP contribution in [0.25, 0.3) is 10.9 Å². The molecule has 4 heteroatoms. The Balaban J connectivity index is 1.63. The number of nitrogens with one attached hydrogen (secondary N) is 1. The Morgan fingerprint density at radius 2 is 1.77 bits per heavy atom.